The predicted molar refractivity (Wildman–Crippen MR) is 60.5 cm³/mol. The van der Waals surface area contributed by atoms with Gasteiger partial charge in [0.2, 0.25) is 0 Å². The van der Waals surface area contributed by atoms with Gasteiger partial charge in [-0.1, -0.05) is 13.3 Å². The fourth-order valence-corrected chi connectivity index (χ4v) is 2.96. The third kappa shape index (κ3) is 2.48. The maximum atomic E-state index is 3.47. The van der Waals surface area contributed by atoms with Crippen molar-refractivity contribution >= 4 is 0 Å². The number of hydrogen-bond donors (Lipinski definition) is 1. The second-order valence-corrected chi connectivity index (χ2v) is 4.91. The average Bonchev–Trinajstić information content (AvgIpc) is 2.71. The van der Waals surface area contributed by atoms with E-state index in [4.69, 9.17) is 0 Å². The molecule has 0 aliphatic carbocycles. The zero-order valence-electron chi connectivity index (χ0n) is 9.47. The normalized spacial score (nSPS) is 34.9. The van der Waals surface area contributed by atoms with E-state index in [1.807, 2.05) is 0 Å². The van der Waals surface area contributed by atoms with Crippen molar-refractivity contribution in [2.75, 3.05) is 26.2 Å². The molecule has 0 aromatic carbocycles. The second-order valence-electron chi connectivity index (χ2n) is 4.91. The highest BCUT2D eigenvalue weighted by Crippen LogP contribution is 2.22. The minimum absolute atomic E-state index is 0.893. The number of piperidine rings is 1. The fraction of sp³-hybridized carbons (Fsp3) is 1.00. The SMILES string of the molecule is CCC1CCCCN1CC1CCNC1. The summed E-state index contributed by atoms with van der Waals surface area (Å²) in [6, 6.07) is 0.893. The van der Waals surface area contributed by atoms with Crippen molar-refractivity contribution < 1.29 is 0 Å². The van der Waals surface area contributed by atoms with Crippen molar-refractivity contribution in [3.8, 4) is 0 Å². The summed E-state index contributed by atoms with van der Waals surface area (Å²) in [4.78, 5) is 2.75. The highest BCUT2D eigenvalue weighted by molar-refractivity contribution is 4.81. The van der Waals surface area contributed by atoms with Crippen LogP contribution in [-0.2, 0) is 0 Å². The van der Waals surface area contributed by atoms with Crippen LogP contribution in [-0.4, -0.2) is 37.1 Å². The molecule has 82 valence electrons. The maximum Gasteiger partial charge on any atom is 0.00927 e. The van der Waals surface area contributed by atoms with Crippen molar-refractivity contribution in [3.63, 3.8) is 0 Å². The predicted octanol–water partition coefficient (Wildman–Crippen LogP) is 1.86. The molecule has 0 bridgehead atoms. The van der Waals surface area contributed by atoms with Gasteiger partial charge in [-0.2, -0.15) is 0 Å². The quantitative estimate of drug-likeness (QED) is 0.741. The van der Waals surface area contributed by atoms with E-state index in [0.717, 1.165) is 12.0 Å². The van der Waals surface area contributed by atoms with Gasteiger partial charge in [0.05, 0.1) is 0 Å². The van der Waals surface area contributed by atoms with Gasteiger partial charge in [-0.05, 0) is 51.2 Å². The minimum Gasteiger partial charge on any atom is -0.316 e. The number of nitrogens with zero attached hydrogens (tertiary/aromatic N) is 1. The fourth-order valence-electron chi connectivity index (χ4n) is 2.96. The molecule has 0 amide bonds. The lowest BCUT2D eigenvalue weighted by Crippen LogP contribution is -2.42. The summed E-state index contributed by atoms with van der Waals surface area (Å²) in [7, 11) is 0. The lowest BCUT2D eigenvalue weighted by Gasteiger charge is -2.36. The molecule has 0 aromatic heterocycles. The molecule has 0 saturated carbocycles. The highest BCUT2D eigenvalue weighted by Gasteiger charge is 2.24. The summed E-state index contributed by atoms with van der Waals surface area (Å²) < 4.78 is 0. The summed E-state index contributed by atoms with van der Waals surface area (Å²) in [5.41, 5.74) is 0. The van der Waals surface area contributed by atoms with E-state index in [2.05, 4.69) is 17.1 Å². The van der Waals surface area contributed by atoms with E-state index in [1.165, 1.54) is 58.3 Å². The molecular weight excluding hydrogens is 172 g/mol. The van der Waals surface area contributed by atoms with Gasteiger partial charge in [0.25, 0.3) is 0 Å². The van der Waals surface area contributed by atoms with Gasteiger partial charge in [0, 0.05) is 12.6 Å². The second kappa shape index (κ2) is 5.13. The molecule has 2 atom stereocenters. The van der Waals surface area contributed by atoms with Gasteiger partial charge < -0.3 is 10.2 Å². The Bertz CT molecular complexity index is 164. The topological polar surface area (TPSA) is 15.3 Å². The van der Waals surface area contributed by atoms with Gasteiger partial charge in [0.15, 0.2) is 0 Å². The summed E-state index contributed by atoms with van der Waals surface area (Å²) in [5.74, 6) is 0.933. The van der Waals surface area contributed by atoms with Gasteiger partial charge in [-0.25, -0.2) is 0 Å². The van der Waals surface area contributed by atoms with Gasteiger partial charge >= 0.3 is 0 Å². The number of hydrogen-bond acceptors (Lipinski definition) is 2. The van der Waals surface area contributed by atoms with Crippen LogP contribution in [0.4, 0.5) is 0 Å². The van der Waals surface area contributed by atoms with E-state index in [-0.39, 0.29) is 0 Å². The van der Waals surface area contributed by atoms with Crippen molar-refractivity contribution in [2.45, 2.75) is 45.1 Å². The van der Waals surface area contributed by atoms with Crippen molar-refractivity contribution in [2.24, 2.45) is 5.92 Å². The lowest BCUT2D eigenvalue weighted by atomic mass is 9.98. The molecule has 2 heterocycles. The molecule has 1 N–H and O–H groups in total. The van der Waals surface area contributed by atoms with Crippen LogP contribution in [0.2, 0.25) is 0 Å². The largest absolute Gasteiger partial charge is 0.316 e. The number of likely N-dealkylation sites (tertiary alicyclic amines) is 1. The molecule has 2 heteroatoms. The van der Waals surface area contributed by atoms with Crippen molar-refractivity contribution in [1.82, 2.24) is 10.2 Å². The molecule has 2 aliphatic rings. The van der Waals surface area contributed by atoms with E-state index >= 15 is 0 Å². The Morgan fingerprint density at radius 1 is 1.29 bits per heavy atom. The third-order valence-corrected chi connectivity index (χ3v) is 3.88. The van der Waals surface area contributed by atoms with Crippen LogP contribution in [0.5, 0.6) is 0 Å². The van der Waals surface area contributed by atoms with Crippen LogP contribution >= 0.6 is 0 Å². The summed E-state index contributed by atoms with van der Waals surface area (Å²) in [6.07, 6.45) is 7.07. The Balaban J connectivity index is 1.81. The van der Waals surface area contributed by atoms with Crippen LogP contribution in [0.3, 0.4) is 0 Å². The van der Waals surface area contributed by atoms with E-state index < -0.39 is 0 Å². The molecule has 14 heavy (non-hydrogen) atoms. The van der Waals surface area contributed by atoms with E-state index in [9.17, 15) is 0 Å². The molecule has 2 saturated heterocycles. The standard InChI is InChI=1S/C12H24N2/c1-2-12-5-3-4-8-14(12)10-11-6-7-13-9-11/h11-13H,2-10H2,1H3. The van der Waals surface area contributed by atoms with E-state index in [0.29, 0.717) is 0 Å². The lowest BCUT2D eigenvalue weighted by molar-refractivity contribution is 0.125. The van der Waals surface area contributed by atoms with E-state index in [1.54, 1.807) is 0 Å². The van der Waals surface area contributed by atoms with Crippen LogP contribution in [0.1, 0.15) is 39.0 Å². The molecule has 2 nitrogen and oxygen atoms in total. The zero-order valence-corrected chi connectivity index (χ0v) is 9.47. The smallest absolute Gasteiger partial charge is 0.00927 e. The monoisotopic (exact) mass is 196 g/mol. The zero-order chi connectivity index (χ0) is 9.80. The van der Waals surface area contributed by atoms with Gasteiger partial charge in [-0.3, -0.25) is 0 Å². The first kappa shape index (κ1) is 10.4. The molecule has 2 rings (SSSR count). The Labute approximate surface area is 88.1 Å². The van der Waals surface area contributed by atoms with Crippen LogP contribution in [0, 0.1) is 5.92 Å². The summed E-state index contributed by atoms with van der Waals surface area (Å²) >= 11 is 0. The summed E-state index contributed by atoms with van der Waals surface area (Å²) in [5, 5.41) is 3.47. The maximum absolute atomic E-state index is 3.47. The Morgan fingerprint density at radius 3 is 2.93 bits per heavy atom. The van der Waals surface area contributed by atoms with Crippen LogP contribution < -0.4 is 5.32 Å². The molecule has 2 unspecified atom stereocenters. The first-order valence-corrected chi connectivity index (χ1v) is 6.35. The Kier molecular flexibility index (Phi) is 3.82. The Morgan fingerprint density at radius 2 is 2.21 bits per heavy atom. The first-order chi connectivity index (χ1) is 6.90. The van der Waals surface area contributed by atoms with Crippen molar-refractivity contribution in [1.29, 1.82) is 0 Å². The van der Waals surface area contributed by atoms with Gasteiger partial charge in [0.1, 0.15) is 0 Å². The first-order valence-electron chi connectivity index (χ1n) is 6.35. The highest BCUT2D eigenvalue weighted by atomic mass is 15.2. The molecule has 0 radical (unpaired) electrons. The minimum atomic E-state index is 0.893. The average molecular weight is 196 g/mol. The Hall–Kier alpha value is -0.0800. The number of nitrogens with one attached hydrogen (secondary N) is 1. The molecule has 2 fully saturated rings. The van der Waals surface area contributed by atoms with Crippen molar-refractivity contribution in [3.05, 3.63) is 0 Å². The molecular formula is C12H24N2. The third-order valence-electron chi connectivity index (χ3n) is 3.88. The molecule has 0 aromatic rings. The molecule has 2 aliphatic heterocycles. The molecule has 0 spiro atoms. The van der Waals surface area contributed by atoms with Gasteiger partial charge in [-0.15, -0.1) is 0 Å². The summed E-state index contributed by atoms with van der Waals surface area (Å²) in [6.45, 7) is 7.55. The van der Waals surface area contributed by atoms with Crippen LogP contribution in [0.25, 0.3) is 0 Å². The number of rotatable bonds is 3. The van der Waals surface area contributed by atoms with Crippen LogP contribution in [0.15, 0.2) is 0 Å².